The van der Waals surface area contributed by atoms with Crippen molar-refractivity contribution < 1.29 is 36.2 Å². The summed E-state index contributed by atoms with van der Waals surface area (Å²) in [5, 5.41) is 11.1. The molecule has 0 aliphatic carbocycles. The quantitative estimate of drug-likeness (QED) is 0.666. The van der Waals surface area contributed by atoms with Crippen LogP contribution < -0.4 is 9.04 Å². The predicted octanol–water partition coefficient (Wildman–Crippen LogP) is 4.12. The maximum atomic E-state index is 13.4. The van der Waals surface area contributed by atoms with Crippen molar-refractivity contribution in [2.75, 3.05) is 17.9 Å². The molecule has 0 spiro atoms. The van der Waals surface area contributed by atoms with E-state index in [9.17, 15) is 31.5 Å². The summed E-state index contributed by atoms with van der Waals surface area (Å²) in [6.07, 6.45) is -3.79. The van der Waals surface area contributed by atoms with E-state index in [1.54, 1.807) is 18.7 Å². The van der Waals surface area contributed by atoms with Crippen molar-refractivity contribution >= 4 is 21.6 Å². The van der Waals surface area contributed by atoms with Gasteiger partial charge in [0, 0.05) is 25.6 Å². The van der Waals surface area contributed by atoms with Crippen LogP contribution in [0.2, 0.25) is 0 Å². The molecule has 2 aromatic carbocycles. The summed E-state index contributed by atoms with van der Waals surface area (Å²) in [7, 11) is -2.93. The van der Waals surface area contributed by atoms with Gasteiger partial charge in [-0.1, -0.05) is 0 Å². The molecule has 0 saturated carbocycles. The van der Waals surface area contributed by atoms with Crippen LogP contribution in [0.25, 0.3) is 0 Å². The summed E-state index contributed by atoms with van der Waals surface area (Å²) in [4.78, 5) is 14.1. The van der Waals surface area contributed by atoms with E-state index in [1.807, 2.05) is 0 Å². The number of carbonyl (C=O) groups excluding carboxylic acids is 1. The van der Waals surface area contributed by atoms with Gasteiger partial charge >= 0.3 is 6.18 Å². The number of alkyl halides is 3. The predicted molar refractivity (Wildman–Crippen MR) is 122 cm³/mol. The largest absolute Gasteiger partial charge is 0.485 e. The van der Waals surface area contributed by atoms with Gasteiger partial charge in [0.25, 0.3) is 10.0 Å². The normalized spacial score (nSPS) is 22.4. The van der Waals surface area contributed by atoms with Gasteiger partial charge in [0.15, 0.2) is 0 Å². The lowest BCUT2D eigenvalue weighted by Crippen LogP contribution is -2.55. The number of amides is 1. The fraction of sp³-hybridized carbons (Fsp3) is 0.458. The molecule has 2 heterocycles. The SMILES string of the molecule is CN(c1ccc(C(F)(F)F)cc1)S(=O)(=O)c1ccc2c(c1)[C@H](N1CCCCC1=O)[C@@H](O)C(C)(C)O2. The molecule has 2 atom stereocenters. The minimum atomic E-state index is -4.54. The number of piperidine rings is 1. The third-order valence-electron chi connectivity index (χ3n) is 6.60. The van der Waals surface area contributed by atoms with E-state index in [1.165, 1.54) is 25.2 Å². The Hall–Kier alpha value is -2.79. The minimum Gasteiger partial charge on any atom is -0.485 e. The van der Waals surface area contributed by atoms with Gasteiger partial charge in [-0.2, -0.15) is 13.2 Å². The van der Waals surface area contributed by atoms with Crippen molar-refractivity contribution in [3.8, 4) is 5.75 Å². The Labute approximate surface area is 202 Å². The highest BCUT2D eigenvalue weighted by Crippen LogP contribution is 2.45. The Kier molecular flexibility index (Phi) is 6.29. The van der Waals surface area contributed by atoms with E-state index in [0.717, 1.165) is 41.4 Å². The molecular weight excluding hydrogens is 485 g/mol. The molecule has 0 bridgehead atoms. The average molecular weight is 513 g/mol. The number of nitrogens with zero attached hydrogens (tertiary/aromatic N) is 2. The number of hydrogen-bond donors (Lipinski definition) is 1. The summed E-state index contributed by atoms with van der Waals surface area (Å²) in [5.74, 6) is 0.235. The number of fused-ring (bicyclic) bond motifs is 1. The zero-order valence-corrected chi connectivity index (χ0v) is 20.4. The highest BCUT2D eigenvalue weighted by Gasteiger charge is 2.47. The van der Waals surface area contributed by atoms with Crippen molar-refractivity contribution in [2.45, 2.75) is 61.9 Å². The number of benzene rings is 2. The molecule has 0 aromatic heterocycles. The second kappa shape index (κ2) is 8.70. The van der Waals surface area contributed by atoms with Crippen LogP contribution in [0.4, 0.5) is 18.9 Å². The molecule has 1 fully saturated rings. The molecule has 4 rings (SSSR count). The van der Waals surface area contributed by atoms with Crippen molar-refractivity contribution in [2.24, 2.45) is 0 Å². The number of likely N-dealkylation sites (tertiary alicyclic amines) is 1. The summed E-state index contributed by atoms with van der Waals surface area (Å²) < 4.78 is 72.3. The highest BCUT2D eigenvalue weighted by molar-refractivity contribution is 7.92. The second-order valence-corrected chi connectivity index (χ2v) is 11.3. The summed E-state index contributed by atoms with van der Waals surface area (Å²) in [5.41, 5.74) is -1.49. The van der Waals surface area contributed by atoms with E-state index in [4.69, 9.17) is 4.74 Å². The van der Waals surface area contributed by atoms with E-state index in [-0.39, 0.29) is 16.5 Å². The van der Waals surface area contributed by atoms with E-state index >= 15 is 0 Å². The number of hydrogen-bond acceptors (Lipinski definition) is 5. The molecule has 0 unspecified atom stereocenters. The summed E-state index contributed by atoms with van der Waals surface area (Å²) in [6, 6.07) is 7.21. The fourth-order valence-electron chi connectivity index (χ4n) is 4.52. The number of carbonyl (C=O) groups is 1. The standard InChI is InChI=1S/C24H27F3N2O5S/c1-23(2)22(31)21(29-13-5-4-6-20(29)30)18-14-17(11-12-19(18)34-23)35(32,33)28(3)16-9-7-15(8-10-16)24(25,26)27/h7-12,14,21-22,31H,4-6,13H2,1-3H3/t21-,22+/m0/s1. The van der Waals surface area contributed by atoms with Crippen LogP contribution in [0.5, 0.6) is 5.75 Å². The van der Waals surface area contributed by atoms with E-state index in [2.05, 4.69) is 0 Å². The summed E-state index contributed by atoms with van der Waals surface area (Å²) >= 11 is 0. The molecule has 1 N–H and O–H groups in total. The minimum absolute atomic E-state index is 0.0518. The first-order valence-electron chi connectivity index (χ1n) is 11.2. The van der Waals surface area contributed by atoms with Crippen LogP contribution in [0.15, 0.2) is 47.4 Å². The van der Waals surface area contributed by atoms with Gasteiger partial charge in [-0.05, 0) is 69.2 Å². The lowest BCUT2D eigenvalue weighted by Gasteiger charge is -2.47. The molecule has 11 heteroatoms. The molecule has 190 valence electrons. The molecule has 0 radical (unpaired) electrons. The van der Waals surface area contributed by atoms with Crippen LogP contribution in [0, 0.1) is 0 Å². The first-order chi connectivity index (χ1) is 16.2. The number of halogens is 3. The van der Waals surface area contributed by atoms with E-state index < -0.39 is 39.5 Å². The van der Waals surface area contributed by atoms with Crippen LogP contribution in [-0.2, 0) is 21.0 Å². The first-order valence-corrected chi connectivity index (χ1v) is 12.6. The molecule has 1 saturated heterocycles. The zero-order valence-electron chi connectivity index (χ0n) is 19.5. The highest BCUT2D eigenvalue weighted by atomic mass is 32.2. The van der Waals surface area contributed by atoms with Gasteiger partial charge in [-0.15, -0.1) is 0 Å². The average Bonchev–Trinajstić information content (AvgIpc) is 2.79. The van der Waals surface area contributed by atoms with Gasteiger partial charge in [0.1, 0.15) is 17.5 Å². The van der Waals surface area contributed by atoms with Crippen LogP contribution in [-0.4, -0.2) is 49.6 Å². The Balaban J connectivity index is 1.74. The molecule has 2 aliphatic rings. The van der Waals surface area contributed by atoms with Crippen molar-refractivity contribution in [1.29, 1.82) is 0 Å². The molecule has 2 aromatic rings. The number of aliphatic hydroxyl groups excluding tert-OH is 1. The summed E-state index contributed by atoms with van der Waals surface area (Å²) in [6.45, 7) is 3.83. The zero-order chi connectivity index (χ0) is 25.8. The topological polar surface area (TPSA) is 87.2 Å². The maximum Gasteiger partial charge on any atom is 0.416 e. The Morgan fingerprint density at radius 1 is 1.11 bits per heavy atom. The number of aliphatic hydroxyl groups is 1. The van der Waals surface area contributed by atoms with Crippen molar-refractivity contribution in [3.63, 3.8) is 0 Å². The van der Waals surface area contributed by atoms with Crippen molar-refractivity contribution in [3.05, 3.63) is 53.6 Å². The fourth-order valence-corrected chi connectivity index (χ4v) is 5.75. The smallest absolute Gasteiger partial charge is 0.416 e. The number of ether oxygens (including phenoxy) is 1. The Bertz CT molecular complexity index is 1230. The second-order valence-electron chi connectivity index (χ2n) is 9.36. The lowest BCUT2D eigenvalue weighted by molar-refractivity contribution is -0.147. The van der Waals surface area contributed by atoms with Crippen LogP contribution in [0.1, 0.15) is 50.3 Å². The maximum absolute atomic E-state index is 13.4. The Morgan fingerprint density at radius 2 is 1.77 bits per heavy atom. The van der Waals surface area contributed by atoms with Crippen molar-refractivity contribution in [1.82, 2.24) is 4.90 Å². The lowest BCUT2D eigenvalue weighted by atomic mass is 9.84. The number of rotatable bonds is 4. The first kappa shape index (κ1) is 25.3. The number of anilines is 1. The molecule has 1 amide bonds. The van der Waals surface area contributed by atoms with Gasteiger partial charge < -0.3 is 14.7 Å². The molecular formula is C24H27F3N2O5S. The van der Waals surface area contributed by atoms with Crippen LogP contribution >= 0.6 is 0 Å². The molecule has 2 aliphatic heterocycles. The Morgan fingerprint density at radius 3 is 2.37 bits per heavy atom. The van der Waals surface area contributed by atoms with Gasteiger partial charge in [0.2, 0.25) is 5.91 Å². The number of sulfonamides is 1. The molecule has 35 heavy (non-hydrogen) atoms. The van der Waals surface area contributed by atoms with Gasteiger partial charge in [-0.3, -0.25) is 9.10 Å². The molecule has 7 nitrogen and oxygen atoms in total. The van der Waals surface area contributed by atoms with Gasteiger partial charge in [0.05, 0.1) is 22.2 Å². The van der Waals surface area contributed by atoms with Crippen LogP contribution in [0.3, 0.4) is 0 Å². The monoisotopic (exact) mass is 512 g/mol. The van der Waals surface area contributed by atoms with Gasteiger partial charge in [-0.25, -0.2) is 8.42 Å². The third kappa shape index (κ3) is 4.58. The van der Waals surface area contributed by atoms with E-state index in [0.29, 0.717) is 24.3 Å². The third-order valence-corrected chi connectivity index (χ3v) is 8.38.